The van der Waals surface area contributed by atoms with Gasteiger partial charge in [0.05, 0.1) is 5.92 Å². The average molecular weight is 243 g/mol. The summed E-state index contributed by atoms with van der Waals surface area (Å²) in [5, 5.41) is 9.39. The van der Waals surface area contributed by atoms with Gasteiger partial charge in [0.1, 0.15) is 0 Å². The van der Waals surface area contributed by atoms with Gasteiger partial charge in [0, 0.05) is 0 Å². The second-order valence-electron chi connectivity index (χ2n) is 3.06. The van der Waals surface area contributed by atoms with Gasteiger partial charge in [0.15, 0.2) is 0 Å². The maximum atomic E-state index is 11.0. The van der Waals surface area contributed by atoms with Crippen LogP contribution in [0.5, 0.6) is 0 Å². The van der Waals surface area contributed by atoms with Gasteiger partial charge in [-0.15, -0.1) is 0 Å². The molecule has 0 radical (unpaired) electrons. The number of carbonyl (C=O) groups excluding carboxylic acids is 1. The van der Waals surface area contributed by atoms with Crippen LogP contribution in [0.4, 0.5) is 0 Å². The molecule has 0 spiro atoms. The maximum Gasteiger partial charge on any atom is 0.231 e. The summed E-state index contributed by atoms with van der Waals surface area (Å²) in [6.07, 6.45) is -0.472. The Kier molecular flexibility index (Phi) is 2.16. The van der Waals surface area contributed by atoms with Gasteiger partial charge in [0.25, 0.3) is 0 Å². The highest BCUT2D eigenvalue weighted by Crippen LogP contribution is 2.51. The number of hydrogen-bond acceptors (Lipinski definition) is 5. The Morgan fingerprint density at radius 3 is 1.57 bits per heavy atom. The van der Waals surface area contributed by atoms with Crippen LogP contribution in [0.1, 0.15) is 6.42 Å². The molecule has 1 atom stereocenters. The van der Waals surface area contributed by atoms with Crippen molar-refractivity contribution in [2.75, 3.05) is 0 Å². The lowest BCUT2D eigenvalue weighted by molar-refractivity contribution is -0.119. The van der Waals surface area contributed by atoms with Crippen molar-refractivity contribution in [2.45, 2.75) is 10.5 Å². The molecule has 14 heavy (non-hydrogen) atoms. The highest BCUT2D eigenvalue weighted by molar-refractivity contribution is 8.08. The van der Waals surface area contributed by atoms with E-state index in [-0.39, 0.29) is 0 Å². The molecule has 0 aromatic rings. The lowest BCUT2D eigenvalue weighted by Gasteiger charge is -2.10. The summed E-state index contributed by atoms with van der Waals surface area (Å²) in [4.78, 5) is 10.7. The van der Waals surface area contributed by atoms with E-state index < -0.39 is 42.4 Å². The molecule has 0 bridgehead atoms. The average Bonchev–Trinajstić information content (AvgIpc) is 2.54. The number of hydrogen-bond donors (Lipinski definition) is 3. The standard InChI is InChI=1S/C4H9N3O5S2/c5-3(8)2-1-4(2,13(6,9)10)14(7,11)12/h2H,1H2,(H2,5,8)(H2,6,9,10)(H2,7,11,12). The number of primary amides is 1. The van der Waals surface area contributed by atoms with Crippen molar-refractivity contribution in [3.63, 3.8) is 0 Å². The molecule has 1 aliphatic rings. The van der Waals surface area contributed by atoms with Crippen LogP contribution in [-0.4, -0.2) is 26.8 Å². The van der Waals surface area contributed by atoms with Gasteiger partial charge in [-0.2, -0.15) is 0 Å². The van der Waals surface area contributed by atoms with E-state index in [0.29, 0.717) is 0 Å². The molecule has 10 heteroatoms. The van der Waals surface area contributed by atoms with Crippen LogP contribution >= 0.6 is 0 Å². The number of primary sulfonamides is 2. The molecular weight excluding hydrogens is 234 g/mol. The van der Waals surface area contributed by atoms with E-state index in [1.54, 1.807) is 0 Å². The fourth-order valence-corrected chi connectivity index (χ4v) is 4.45. The van der Waals surface area contributed by atoms with Gasteiger partial charge >= 0.3 is 0 Å². The first-order valence-electron chi connectivity index (χ1n) is 3.38. The van der Waals surface area contributed by atoms with E-state index in [1.165, 1.54) is 0 Å². The second kappa shape index (κ2) is 2.66. The fraction of sp³-hybridized carbons (Fsp3) is 0.750. The van der Waals surface area contributed by atoms with Crippen molar-refractivity contribution < 1.29 is 21.6 Å². The van der Waals surface area contributed by atoms with E-state index in [2.05, 4.69) is 0 Å². The van der Waals surface area contributed by atoms with Crippen LogP contribution in [0.15, 0.2) is 0 Å². The van der Waals surface area contributed by atoms with Crippen LogP contribution in [0, 0.1) is 5.92 Å². The lowest BCUT2D eigenvalue weighted by atomic mass is 10.4. The smallest absolute Gasteiger partial charge is 0.231 e. The monoisotopic (exact) mass is 243 g/mol. The summed E-state index contributed by atoms with van der Waals surface area (Å²) in [5.41, 5.74) is 4.79. The van der Waals surface area contributed by atoms with Crippen molar-refractivity contribution in [1.29, 1.82) is 0 Å². The number of amides is 1. The first kappa shape index (κ1) is 11.4. The zero-order valence-corrected chi connectivity index (χ0v) is 8.51. The zero-order valence-electron chi connectivity index (χ0n) is 6.87. The van der Waals surface area contributed by atoms with Crippen molar-refractivity contribution in [1.82, 2.24) is 0 Å². The van der Waals surface area contributed by atoms with E-state index in [4.69, 9.17) is 16.0 Å². The molecule has 1 unspecified atom stereocenters. The molecule has 0 heterocycles. The van der Waals surface area contributed by atoms with Crippen LogP contribution in [0.25, 0.3) is 0 Å². The Balaban J connectivity index is 3.34. The fourth-order valence-electron chi connectivity index (χ4n) is 1.33. The van der Waals surface area contributed by atoms with Crippen molar-refractivity contribution in [3.05, 3.63) is 0 Å². The second-order valence-corrected chi connectivity index (χ2v) is 6.96. The SMILES string of the molecule is NC(=O)C1CC1(S(N)(=O)=O)S(N)(=O)=O. The van der Waals surface area contributed by atoms with Gasteiger partial charge < -0.3 is 5.73 Å². The third kappa shape index (κ3) is 1.30. The molecule has 0 aromatic heterocycles. The number of sulfonamides is 2. The molecule has 1 aliphatic carbocycles. The largest absolute Gasteiger partial charge is 0.369 e. The predicted octanol–water partition coefficient (Wildman–Crippen LogP) is -3.24. The molecule has 0 aliphatic heterocycles. The van der Waals surface area contributed by atoms with Crippen molar-refractivity contribution >= 4 is 26.0 Å². The molecule has 1 rings (SSSR count). The molecular formula is C4H9N3O5S2. The normalized spacial score (nSPS) is 25.7. The minimum absolute atomic E-state index is 0.472. The van der Waals surface area contributed by atoms with Crippen LogP contribution < -0.4 is 16.0 Å². The first-order chi connectivity index (χ1) is 6.04. The maximum absolute atomic E-state index is 11.0. The van der Waals surface area contributed by atoms with Crippen molar-refractivity contribution in [2.24, 2.45) is 21.9 Å². The molecule has 82 valence electrons. The molecule has 1 amide bonds. The molecule has 6 N–H and O–H groups in total. The van der Waals surface area contributed by atoms with E-state index in [9.17, 15) is 21.6 Å². The summed E-state index contributed by atoms with van der Waals surface area (Å²) < 4.78 is 41.5. The summed E-state index contributed by atoms with van der Waals surface area (Å²) in [7, 11) is -8.91. The van der Waals surface area contributed by atoms with Gasteiger partial charge in [-0.05, 0) is 6.42 Å². The van der Waals surface area contributed by atoms with Crippen LogP contribution in [0.2, 0.25) is 0 Å². The Morgan fingerprint density at radius 1 is 1.14 bits per heavy atom. The number of rotatable bonds is 3. The minimum Gasteiger partial charge on any atom is -0.369 e. The van der Waals surface area contributed by atoms with E-state index in [0.717, 1.165) is 0 Å². The predicted molar refractivity (Wildman–Crippen MR) is 46.2 cm³/mol. The first-order valence-corrected chi connectivity index (χ1v) is 6.47. The summed E-state index contributed by atoms with van der Waals surface area (Å²) in [6, 6.07) is 0. The summed E-state index contributed by atoms with van der Waals surface area (Å²) in [6.45, 7) is 0. The molecule has 8 nitrogen and oxygen atoms in total. The summed E-state index contributed by atoms with van der Waals surface area (Å²) in [5.74, 6) is -2.40. The Labute approximate surface area is 80.5 Å². The Hall–Kier alpha value is -0.710. The minimum atomic E-state index is -4.46. The zero-order chi connectivity index (χ0) is 11.4. The van der Waals surface area contributed by atoms with Gasteiger partial charge in [-0.1, -0.05) is 0 Å². The third-order valence-electron chi connectivity index (χ3n) is 2.17. The Bertz CT molecular complexity index is 445. The molecule has 1 fully saturated rings. The topological polar surface area (TPSA) is 163 Å². The highest BCUT2D eigenvalue weighted by Gasteiger charge is 2.73. The lowest BCUT2D eigenvalue weighted by Crippen LogP contribution is -2.45. The number of nitrogens with two attached hydrogens (primary N) is 3. The van der Waals surface area contributed by atoms with E-state index >= 15 is 0 Å². The van der Waals surface area contributed by atoms with Crippen LogP contribution in [-0.2, 0) is 24.8 Å². The van der Waals surface area contributed by atoms with Crippen LogP contribution in [0.3, 0.4) is 0 Å². The summed E-state index contributed by atoms with van der Waals surface area (Å²) >= 11 is 0. The van der Waals surface area contributed by atoms with Gasteiger partial charge in [-0.25, -0.2) is 27.1 Å². The Morgan fingerprint density at radius 2 is 1.50 bits per heavy atom. The highest BCUT2D eigenvalue weighted by atomic mass is 32.3. The van der Waals surface area contributed by atoms with E-state index in [1.807, 2.05) is 0 Å². The van der Waals surface area contributed by atoms with Crippen molar-refractivity contribution in [3.8, 4) is 0 Å². The quantitative estimate of drug-likeness (QED) is 0.473. The molecule has 0 aromatic carbocycles. The molecule has 1 saturated carbocycles. The third-order valence-corrected chi connectivity index (χ3v) is 6.39. The number of carbonyl (C=O) groups is 1. The molecule has 0 saturated heterocycles. The van der Waals surface area contributed by atoms with Gasteiger partial charge in [-0.3, -0.25) is 4.79 Å². The van der Waals surface area contributed by atoms with Gasteiger partial charge in [0.2, 0.25) is 30.0 Å².